The van der Waals surface area contributed by atoms with Gasteiger partial charge in [0.2, 0.25) is 0 Å². The van der Waals surface area contributed by atoms with Gasteiger partial charge in [0.25, 0.3) is 0 Å². The number of hydrogen-bond donors (Lipinski definition) is 1. The van der Waals surface area contributed by atoms with Crippen LogP contribution in [0.2, 0.25) is 0 Å². The molecule has 1 N–H and O–H groups in total. The van der Waals surface area contributed by atoms with Crippen LogP contribution in [0.1, 0.15) is 50.6 Å². The van der Waals surface area contributed by atoms with Crippen LogP contribution in [-0.2, 0) is 4.74 Å². The fourth-order valence-corrected chi connectivity index (χ4v) is 2.72. The van der Waals surface area contributed by atoms with Gasteiger partial charge >= 0.3 is 0 Å². The quantitative estimate of drug-likeness (QED) is 0.765. The molecule has 0 aliphatic carbocycles. The molecule has 0 amide bonds. The second kappa shape index (κ2) is 7.80. The highest BCUT2D eigenvalue weighted by atomic mass is 19.2. The van der Waals surface area contributed by atoms with E-state index < -0.39 is 17.5 Å². The Morgan fingerprint density at radius 2 is 2.00 bits per heavy atom. The van der Waals surface area contributed by atoms with Gasteiger partial charge in [0.1, 0.15) is 5.82 Å². The predicted octanol–water partition coefficient (Wildman–Crippen LogP) is 4.10. The van der Waals surface area contributed by atoms with E-state index in [0.717, 1.165) is 38.4 Å². The Hall–Kier alpha value is -1.07. The molecule has 2 atom stereocenters. The fourth-order valence-electron chi connectivity index (χ4n) is 2.72. The Labute approximate surface area is 123 Å². The van der Waals surface area contributed by atoms with Crippen LogP contribution in [0.15, 0.2) is 12.1 Å². The van der Waals surface area contributed by atoms with E-state index >= 15 is 0 Å². The summed E-state index contributed by atoms with van der Waals surface area (Å²) in [5.74, 6) is -2.86. The summed E-state index contributed by atoms with van der Waals surface area (Å²) in [4.78, 5) is 0. The molecule has 1 aliphatic heterocycles. The molecule has 1 aromatic carbocycles. The van der Waals surface area contributed by atoms with Crippen molar-refractivity contribution in [3.05, 3.63) is 35.1 Å². The summed E-state index contributed by atoms with van der Waals surface area (Å²) < 4.78 is 45.9. The van der Waals surface area contributed by atoms with Gasteiger partial charge in [-0.3, -0.25) is 0 Å². The minimum Gasteiger partial charge on any atom is -0.378 e. The summed E-state index contributed by atoms with van der Waals surface area (Å²) in [7, 11) is 0. The Kier molecular flexibility index (Phi) is 6.06. The maximum atomic E-state index is 13.9. The molecule has 1 fully saturated rings. The first kappa shape index (κ1) is 16.3. The monoisotopic (exact) mass is 301 g/mol. The molecule has 1 aliphatic rings. The van der Waals surface area contributed by atoms with Gasteiger partial charge in [-0.25, -0.2) is 13.2 Å². The molecule has 1 saturated heterocycles. The summed E-state index contributed by atoms with van der Waals surface area (Å²) in [6.45, 7) is 3.48. The minimum absolute atomic E-state index is 0.195. The lowest BCUT2D eigenvalue weighted by molar-refractivity contribution is 0.0994. The van der Waals surface area contributed by atoms with Crippen LogP contribution >= 0.6 is 0 Å². The van der Waals surface area contributed by atoms with Crippen molar-refractivity contribution in [3.63, 3.8) is 0 Å². The third-order valence-corrected chi connectivity index (χ3v) is 3.86. The van der Waals surface area contributed by atoms with E-state index in [9.17, 15) is 13.2 Å². The van der Waals surface area contributed by atoms with Gasteiger partial charge in [-0.2, -0.15) is 0 Å². The average Bonchev–Trinajstić information content (AvgIpc) is 2.97. The highest BCUT2D eigenvalue weighted by Gasteiger charge is 2.22. The van der Waals surface area contributed by atoms with Crippen LogP contribution in [0.4, 0.5) is 13.2 Å². The molecule has 1 aromatic rings. The zero-order valence-electron chi connectivity index (χ0n) is 12.3. The molecule has 2 unspecified atom stereocenters. The Morgan fingerprint density at radius 1 is 1.24 bits per heavy atom. The first-order valence-corrected chi connectivity index (χ1v) is 7.61. The van der Waals surface area contributed by atoms with Crippen LogP contribution < -0.4 is 5.32 Å². The first-order chi connectivity index (χ1) is 10.1. The number of benzene rings is 1. The van der Waals surface area contributed by atoms with E-state index in [1.54, 1.807) is 0 Å². The second-order valence-electron chi connectivity index (χ2n) is 5.51. The molecular weight excluding hydrogens is 279 g/mol. The van der Waals surface area contributed by atoms with Crippen molar-refractivity contribution < 1.29 is 17.9 Å². The Balaban J connectivity index is 2.08. The summed E-state index contributed by atoms with van der Waals surface area (Å²) in [5, 5.41) is 3.21. The lowest BCUT2D eigenvalue weighted by Gasteiger charge is -2.21. The molecule has 2 rings (SSSR count). The first-order valence-electron chi connectivity index (χ1n) is 7.61. The summed E-state index contributed by atoms with van der Waals surface area (Å²) in [6, 6.07) is 1.27. The van der Waals surface area contributed by atoms with Crippen molar-refractivity contribution in [1.82, 2.24) is 5.32 Å². The van der Waals surface area contributed by atoms with Crippen molar-refractivity contribution in [1.29, 1.82) is 0 Å². The SMILES string of the molecule is CCCNC(CCC1CCCO1)c1cc(F)c(F)cc1F. The van der Waals surface area contributed by atoms with E-state index in [2.05, 4.69) is 5.32 Å². The van der Waals surface area contributed by atoms with Crippen LogP contribution in [0, 0.1) is 17.5 Å². The number of nitrogens with one attached hydrogen (secondary N) is 1. The Morgan fingerprint density at radius 3 is 2.67 bits per heavy atom. The molecule has 0 aromatic heterocycles. The molecule has 2 nitrogen and oxygen atoms in total. The van der Waals surface area contributed by atoms with Crippen LogP contribution in [-0.4, -0.2) is 19.3 Å². The second-order valence-corrected chi connectivity index (χ2v) is 5.51. The lowest BCUT2D eigenvalue weighted by Crippen LogP contribution is -2.24. The van der Waals surface area contributed by atoms with Gasteiger partial charge in [-0.05, 0) is 44.7 Å². The lowest BCUT2D eigenvalue weighted by atomic mass is 9.98. The molecule has 0 bridgehead atoms. The molecule has 0 radical (unpaired) electrons. The number of hydrogen-bond acceptors (Lipinski definition) is 2. The number of rotatable bonds is 7. The van der Waals surface area contributed by atoms with Crippen molar-refractivity contribution in [2.24, 2.45) is 0 Å². The zero-order valence-corrected chi connectivity index (χ0v) is 12.3. The van der Waals surface area contributed by atoms with Gasteiger partial charge in [0, 0.05) is 24.3 Å². The third kappa shape index (κ3) is 4.45. The third-order valence-electron chi connectivity index (χ3n) is 3.86. The topological polar surface area (TPSA) is 21.3 Å². The largest absolute Gasteiger partial charge is 0.378 e. The van der Waals surface area contributed by atoms with Gasteiger partial charge < -0.3 is 10.1 Å². The van der Waals surface area contributed by atoms with E-state index in [0.29, 0.717) is 19.0 Å². The molecular formula is C16H22F3NO. The van der Waals surface area contributed by atoms with Gasteiger partial charge in [-0.1, -0.05) is 6.92 Å². The molecule has 0 saturated carbocycles. The maximum Gasteiger partial charge on any atom is 0.161 e. The van der Waals surface area contributed by atoms with Crippen LogP contribution in [0.5, 0.6) is 0 Å². The normalized spacial score (nSPS) is 19.9. The standard InChI is InChI=1S/C16H22F3NO/c1-2-7-20-16(6-5-11-4-3-8-21-11)12-9-14(18)15(19)10-13(12)17/h9-11,16,20H,2-8H2,1H3. The van der Waals surface area contributed by atoms with E-state index in [1.807, 2.05) is 6.92 Å². The molecule has 118 valence electrons. The van der Waals surface area contributed by atoms with Crippen LogP contribution in [0.25, 0.3) is 0 Å². The van der Waals surface area contributed by atoms with Crippen molar-refractivity contribution in [2.75, 3.05) is 13.2 Å². The number of ether oxygens (including phenoxy) is 1. The molecule has 0 spiro atoms. The zero-order chi connectivity index (χ0) is 15.2. The maximum absolute atomic E-state index is 13.9. The summed E-state index contributed by atoms with van der Waals surface area (Å²) in [5.41, 5.74) is 0.195. The molecule has 21 heavy (non-hydrogen) atoms. The Bertz CT molecular complexity index is 461. The van der Waals surface area contributed by atoms with E-state index in [-0.39, 0.29) is 17.7 Å². The highest BCUT2D eigenvalue weighted by Crippen LogP contribution is 2.27. The van der Waals surface area contributed by atoms with Crippen molar-refractivity contribution in [3.8, 4) is 0 Å². The molecule has 1 heterocycles. The highest BCUT2D eigenvalue weighted by molar-refractivity contribution is 5.23. The van der Waals surface area contributed by atoms with E-state index in [1.165, 1.54) is 0 Å². The van der Waals surface area contributed by atoms with Crippen molar-refractivity contribution >= 4 is 0 Å². The fraction of sp³-hybridized carbons (Fsp3) is 0.625. The minimum atomic E-state index is -1.15. The van der Waals surface area contributed by atoms with Gasteiger partial charge in [0.05, 0.1) is 6.10 Å². The van der Waals surface area contributed by atoms with Gasteiger partial charge in [-0.15, -0.1) is 0 Å². The number of halogens is 3. The van der Waals surface area contributed by atoms with E-state index in [4.69, 9.17) is 4.74 Å². The average molecular weight is 301 g/mol. The summed E-state index contributed by atoms with van der Waals surface area (Å²) >= 11 is 0. The van der Waals surface area contributed by atoms with Crippen molar-refractivity contribution in [2.45, 2.75) is 51.2 Å². The summed E-state index contributed by atoms with van der Waals surface area (Å²) in [6.07, 6.45) is 4.59. The van der Waals surface area contributed by atoms with Crippen LogP contribution in [0.3, 0.4) is 0 Å². The van der Waals surface area contributed by atoms with Gasteiger partial charge in [0.15, 0.2) is 11.6 Å². The predicted molar refractivity (Wildman–Crippen MR) is 75.6 cm³/mol. The molecule has 5 heteroatoms. The smallest absolute Gasteiger partial charge is 0.161 e.